The van der Waals surface area contributed by atoms with Crippen molar-refractivity contribution in [1.82, 2.24) is 4.98 Å². The lowest BCUT2D eigenvalue weighted by Gasteiger charge is -2.05. The van der Waals surface area contributed by atoms with Crippen LogP contribution in [0.2, 0.25) is 5.02 Å². The maximum Gasteiger partial charge on any atom is 0.289 e. The first kappa shape index (κ1) is 11.7. The third-order valence-corrected chi connectivity index (χ3v) is 2.00. The summed E-state index contributed by atoms with van der Waals surface area (Å²) in [5, 5.41) is 13.6. The van der Waals surface area contributed by atoms with E-state index < -0.39 is 4.92 Å². The van der Waals surface area contributed by atoms with Gasteiger partial charge in [0.2, 0.25) is 0 Å². The van der Waals surface area contributed by atoms with Crippen molar-refractivity contribution in [3.8, 4) is 0 Å². The average Bonchev–Trinajstić information content (AvgIpc) is 2.20. The Kier molecular flexibility index (Phi) is 4.26. The first-order valence-electron chi connectivity index (χ1n) is 4.39. The highest BCUT2D eigenvalue weighted by molar-refractivity contribution is 6.33. The molecule has 1 heterocycles. The van der Waals surface area contributed by atoms with Crippen LogP contribution in [-0.2, 0) is 0 Å². The number of nitro groups is 1. The van der Waals surface area contributed by atoms with E-state index >= 15 is 0 Å². The van der Waals surface area contributed by atoms with Gasteiger partial charge in [-0.15, -0.1) is 0 Å². The summed E-state index contributed by atoms with van der Waals surface area (Å²) < 4.78 is 0. The molecule has 0 radical (unpaired) electrons. The van der Waals surface area contributed by atoms with Gasteiger partial charge in [-0.2, -0.15) is 0 Å². The predicted molar refractivity (Wildman–Crippen MR) is 58.1 cm³/mol. The van der Waals surface area contributed by atoms with E-state index in [1.807, 2.05) is 0 Å². The highest BCUT2D eigenvalue weighted by atomic mass is 35.5. The number of rotatable bonds is 5. The van der Waals surface area contributed by atoms with Crippen LogP contribution in [0.3, 0.4) is 0 Å². The standard InChI is InChI=1S/C8H11ClN4O2/c9-7-4-6(13(14)15)5-12-8(7)11-3-1-2-10/h4-5H,1-3,10H2,(H,11,12). The fourth-order valence-electron chi connectivity index (χ4n) is 0.967. The number of hydrogen-bond donors (Lipinski definition) is 2. The third kappa shape index (κ3) is 3.34. The molecule has 0 aliphatic heterocycles. The van der Waals surface area contributed by atoms with Crippen LogP contribution < -0.4 is 11.1 Å². The third-order valence-electron chi connectivity index (χ3n) is 1.71. The van der Waals surface area contributed by atoms with Gasteiger partial charge in [-0.25, -0.2) is 4.98 Å². The van der Waals surface area contributed by atoms with Crippen LogP contribution in [-0.4, -0.2) is 23.0 Å². The fourth-order valence-corrected chi connectivity index (χ4v) is 1.19. The van der Waals surface area contributed by atoms with Crippen molar-refractivity contribution in [3.05, 3.63) is 27.4 Å². The highest BCUT2D eigenvalue weighted by Crippen LogP contribution is 2.23. The highest BCUT2D eigenvalue weighted by Gasteiger charge is 2.09. The molecule has 1 aromatic rings. The smallest absolute Gasteiger partial charge is 0.289 e. The molecule has 82 valence electrons. The molecule has 0 aliphatic carbocycles. The number of nitrogens with zero attached hydrogens (tertiary/aromatic N) is 2. The maximum absolute atomic E-state index is 10.4. The Bertz CT molecular complexity index is 358. The molecular weight excluding hydrogens is 220 g/mol. The number of halogens is 1. The second-order valence-electron chi connectivity index (χ2n) is 2.85. The summed E-state index contributed by atoms with van der Waals surface area (Å²) in [4.78, 5) is 13.7. The molecule has 6 nitrogen and oxygen atoms in total. The molecule has 0 spiro atoms. The zero-order chi connectivity index (χ0) is 11.3. The largest absolute Gasteiger partial charge is 0.369 e. The van der Waals surface area contributed by atoms with E-state index in [0.29, 0.717) is 18.9 Å². The quantitative estimate of drug-likeness (QED) is 0.453. The topological polar surface area (TPSA) is 94.1 Å². The molecule has 0 amide bonds. The van der Waals surface area contributed by atoms with Gasteiger partial charge in [0, 0.05) is 12.6 Å². The Morgan fingerprint density at radius 2 is 2.40 bits per heavy atom. The van der Waals surface area contributed by atoms with E-state index in [9.17, 15) is 10.1 Å². The molecule has 0 aromatic carbocycles. The molecule has 0 aliphatic rings. The Morgan fingerprint density at radius 3 is 2.93 bits per heavy atom. The summed E-state index contributed by atoms with van der Waals surface area (Å²) >= 11 is 5.79. The summed E-state index contributed by atoms with van der Waals surface area (Å²) in [6, 6.07) is 1.26. The number of nitrogens with two attached hydrogens (primary N) is 1. The van der Waals surface area contributed by atoms with Gasteiger partial charge in [0.05, 0.1) is 9.95 Å². The van der Waals surface area contributed by atoms with Gasteiger partial charge >= 0.3 is 0 Å². The maximum atomic E-state index is 10.4. The lowest BCUT2D eigenvalue weighted by Crippen LogP contribution is -2.09. The number of nitrogens with one attached hydrogen (secondary N) is 1. The zero-order valence-electron chi connectivity index (χ0n) is 7.94. The molecule has 15 heavy (non-hydrogen) atoms. The van der Waals surface area contributed by atoms with Crippen LogP contribution in [0.15, 0.2) is 12.3 Å². The molecule has 7 heteroatoms. The SMILES string of the molecule is NCCCNc1ncc([N+](=O)[O-])cc1Cl. The normalized spacial score (nSPS) is 10.0. The minimum Gasteiger partial charge on any atom is -0.369 e. The van der Waals surface area contributed by atoms with Gasteiger partial charge in [-0.05, 0) is 13.0 Å². The minimum absolute atomic E-state index is 0.121. The number of aromatic nitrogens is 1. The van der Waals surface area contributed by atoms with Gasteiger partial charge in [0.15, 0.2) is 0 Å². The van der Waals surface area contributed by atoms with Gasteiger partial charge in [0.1, 0.15) is 12.0 Å². The van der Waals surface area contributed by atoms with Crippen LogP contribution in [0.1, 0.15) is 6.42 Å². The van der Waals surface area contributed by atoms with Crippen molar-refractivity contribution in [2.45, 2.75) is 6.42 Å². The summed E-state index contributed by atoms with van der Waals surface area (Å²) in [6.07, 6.45) is 1.95. The average molecular weight is 231 g/mol. The minimum atomic E-state index is -0.539. The van der Waals surface area contributed by atoms with Crippen LogP contribution in [0.25, 0.3) is 0 Å². The monoisotopic (exact) mass is 230 g/mol. The second kappa shape index (κ2) is 5.47. The first-order valence-corrected chi connectivity index (χ1v) is 4.77. The van der Waals surface area contributed by atoms with Gasteiger partial charge in [-0.1, -0.05) is 11.6 Å². The van der Waals surface area contributed by atoms with Crippen molar-refractivity contribution >= 4 is 23.1 Å². The van der Waals surface area contributed by atoms with E-state index in [2.05, 4.69) is 10.3 Å². The van der Waals surface area contributed by atoms with E-state index in [4.69, 9.17) is 17.3 Å². The number of anilines is 1. The zero-order valence-corrected chi connectivity index (χ0v) is 8.70. The molecule has 0 saturated heterocycles. The summed E-state index contributed by atoms with van der Waals surface area (Å²) in [7, 11) is 0. The Morgan fingerprint density at radius 1 is 1.67 bits per heavy atom. The molecule has 0 fully saturated rings. The molecule has 1 rings (SSSR count). The van der Waals surface area contributed by atoms with Crippen LogP contribution in [0.5, 0.6) is 0 Å². The van der Waals surface area contributed by atoms with Crippen LogP contribution >= 0.6 is 11.6 Å². The molecule has 3 N–H and O–H groups in total. The van der Waals surface area contributed by atoms with Crippen molar-refractivity contribution < 1.29 is 4.92 Å². The van der Waals surface area contributed by atoms with Gasteiger partial charge in [0.25, 0.3) is 5.69 Å². The number of pyridine rings is 1. The summed E-state index contributed by atoms with van der Waals surface area (Å²) in [6.45, 7) is 1.21. The van der Waals surface area contributed by atoms with Gasteiger partial charge < -0.3 is 11.1 Å². The molecule has 0 saturated carbocycles. The second-order valence-corrected chi connectivity index (χ2v) is 3.26. The Labute approximate surface area is 91.6 Å². The van der Waals surface area contributed by atoms with Crippen LogP contribution in [0, 0.1) is 10.1 Å². The first-order chi connectivity index (χ1) is 7.15. The number of hydrogen-bond acceptors (Lipinski definition) is 5. The van der Waals surface area contributed by atoms with Crippen LogP contribution in [0.4, 0.5) is 11.5 Å². The predicted octanol–water partition coefficient (Wildman–Crippen LogP) is 1.40. The lowest BCUT2D eigenvalue weighted by molar-refractivity contribution is -0.385. The van der Waals surface area contributed by atoms with E-state index in [1.54, 1.807) is 0 Å². The van der Waals surface area contributed by atoms with Crippen molar-refractivity contribution in [3.63, 3.8) is 0 Å². The van der Waals surface area contributed by atoms with Gasteiger partial charge in [-0.3, -0.25) is 10.1 Å². The lowest BCUT2D eigenvalue weighted by atomic mass is 10.4. The molecular formula is C8H11ClN4O2. The molecule has 1 aromatic heterocycles. The summed E-state index contributed by atoms with van der Waals surface area (Å²) in [5.41, 5.74) is 5.19. The fraction of sp³-hybridized carbons (Fsp3) is 0.375. The molecule has 0 atom stereocenters. The molecule has 0 bridgehead atoms. The van der Waals surface area contributed by atoms with Crippen molar-refractivity contribution in [2.75, 3.05) is 18.4 Å². The van der Waals surface area contributed by atoms with E-state index in [-0.39, 0.29) is 10.7 Å². The van der Waals surface area contributed by atoms with E-state index in [1.165, 1.54) is 6.07 Å². The van der Waals surface area contributed by atoms with E-state index in [0.717, 1.165) is 12.6 Å². The van der Waals surface area contributed by atoms with Crippen molar-refractivity contribution in [1.29, 1.82) is 0 Å². The Balaban J connectivity index is 2.70. The summed E-state index contributed by atoms with van der Waals surface area (Å²) in [5.74, 6) is 0.440. The van der Waals surface area contributed by atoms with Crippen molar-refractivity contribution in [2.24, 2.45) is 5.73 Å². The Hall–Kier alpha value is -1.40. The molecule has 0 unspecified atom stereocenters.